The lowest BCUT2D eigenvalue weighted by Crippen LogP contribution is -2.30. The van der Waals surface area contributed by atoms with Crippen LogP contribution < -0.4 is 4.57 Å². The summed E-state index contributed by atoms with van der Waals surface area (Å²) in [5.41, 5.74) is 10.1. The first-order valence-corrected chi connectivity index (χ1v) is 12.6. The van der Waals surface area contributed by atoms with Crippen molar-refractivity contribution in [3.8, 4) is 28.5 Å². The number of benzene rings is 3. The highest BCUT2D eigenvalue weighted by Gasteiger charge is 2.24. The van der Waals surface area contributed by atoms with Crippen molar-refractivity contribution < 1.29 is 13.7 Å². The van der Waals surface area contributed by atoms with Crippen molar-refractivity contribution in [2.75, 3.05) is 13.2 Å². The summed E-state index contributed by atoms with van der Waals surface area (Å²) in [7, 11) is 2.05. The molecular weight excluding hydrogens is 444 g/mol. The zero-order valence-corrected chi connectivity index (χ0v) is 21.0. The molecule has 178 valence electrons. The number of nitrogens with zero attached hydrogens (tertiary/aromatic N) is 2. The predicted octanol–water partition coefficient (Wildman–Crippen LogP) is 7.13. The molecule has 0 bridgehead atoms. The van der Waals surface area contributed by atoms with Crippen LogP contribution in [0.5, 0.6) is 0 Å². The Bertz CT molecular complexity index is 1670. The molecule has 5 aromatic rings. The highest BCUT2D eigenvalue weighted by molar-refractivity contribution is 6.14. The molecule has 6 rings (SSSR count). The van der Waals surface area contributed by atoms with Crippen LogP contribution in [0.2, 0.25) is 0 Å². The fourth-order valence-electron chi connectivity index (χ4n) is 5.78. The van der Waals surface area contributed by atoms with Gasteiger partial charge in [0.1, 0.15) is 18.2 Å². The van der Waals surface area contributed by atoms with Gasteiger partial charge in [0.05, 0.1) is 17.2 Å². The van der Waals surface area contributed by atoms with Crippen molar-refractivity contribution in [2.45, 2.75) is 32.6 Å². The minimum absolute atomic E-state index is 0.530. The van der Waals surface area contributed by atoms with E-state index in [9.17, 15) is 5.26 Å². The molecule has 4 nitrogen and oxygen atoms in total. The van der Waals surface area contributed by atoms with Crippen LogP contribution in [0.3, 0.4) is 0 Å². The van der Waals surface area contributed by atoms with E-state index in [0.29, 0.717) is 11.5 Å². The van der Waals surface area contributed by atoms with Gasteiger partial charge in [-0.15, -0.1) is 0 Å². The Balaban J connectivity index is 1.59. The van der Waals surface area contributed by atoms with E-state index in [-0.39, 0.29) is 0 Å². The van der Waals surface area contributed by atoms with Crippen molar-refractivity contribution in [3.05, 3.63) is 89.1 Å². The molecule has 3 aromatic carbocycles. The zero-order valence-electron chi connectivity index (χ0n) is 21.0. The second kappa shape index (κ2) is 8.93. The largest absolute Gasteiger partial charge is 0.454 e. The third-order valence-corrected chi connectivity index (χ3v) is 7.67. The quantitative estimate of drug-likeness (QED) is 0.262. The molecule has 0 unspecified atom stereocenters. The molecular formula is C32H29N2O2+. The number of nitriles is 1. The number of rotatable bonds is 3. The van der Waals surface area contributed by atoms with Gasteiger partial charge < -0.3 is 9.15 Å². The summed E-state index contributed by atoms with van der Waals surface area (Å²) in [6, 6.07) is 23.5. The van der Waals surface area contributed by atoms with E-state index in [1.807, 2.05) is 18.2 Å². The summed E-state index contributed by atoms with van der Waals surface area (Å²) in [4.78, 5) is 0. The molecule has 0 aliphatic carbocycles. The molecule has 1 aliphatic rings. The Morgan fingerprint density at radius 3 is 2.33 bits per heavy atom. The molecule has 3 heterocycles. The molecule has 0 radical (unpaired) electrons. The van der Waals surface area contributed by atoms with Gasteiger partial charge in [-0.1, -0.05) is 30.3 Å². The van der Waals surface area contributed by atoms with Crippen molar-refractivity contribution in [2.24, 2.45) is 7.05 Å². The lowest BCUT2D eigenvalue weighted by Gasteiger charge is -2.24. The van der Waals surface area contributed by atoms with Crippen LogP contribution in [0.4, 0.5) is 0 Å². The Labute approximate surface area is 211 Å². The summed E-state index contributed by atoms with van der Waals surface area (Å²) >= 11 is 0. The smallest absolute Gasteiger partial charge is 0.216 e. The maximum Gasteiger partial charge on any atom is 0.216 e. The fourth-order valence-corrected chi connectivity index (χ4v) is 5.78. The maximum absolute atomic E-state index is 10.0. The van der Waals surface area contributed by atoms with Crippen LogP contribution >= 0.6 is 0 Å². The first-order valence-electron chi connectivity index (χ1n) is 12.6. The summed E-state index contributed by atoms with van der Waals surface area (Å²) in [5, 5.41) is 12.1. The molecule has 0 N–H and O–H groups in total. The molecule has 0 amide bonds. The van der Waals surface area contributed by atoms with Crippen LogP contribution in [-0.2, 0) is 11.8 Å². The zero-order chi connectivity index (χ0) is 24.8. The fraction of sp³-hybridized carbons (Fsp3) is 0.250. The van der Waals surface area contributed by atoms with Crippen molar-refractivity contribution in [1.29, 1.82) is 5.26 Å². The molecule has 36 heavy (non-hydrogen) atoms. The third kappa shape index (κ3) is 3.59. The Kier molecular flexibility index (Phi) is 5.59. The normalized spacial score (nSPS) is 14.4. The van der Waals surface area contributed by atoms with Crippen LogP contribution in [0.15, 0.2) is 71.3 Å². The standard InChI is InChI=1S/C32H29N2O2/c1-20-7-10-26-27-12-9-24(19-33)30(23-8-11-25(21(2)18-23)22-13-16-35-17-14-22)32(27)36-31(26)29(20)28-6-4-5-15-34(28)3/h4-12,15,18,22H,13-14,16-17H2,1-3H3/q+1. The van der Waals surface area contributed by atoms with E-state index in [1.165, 1.54) is 11.1 Å². The van der Waals surface area contributed by atoms with E-state index in [2.05, 4.69) is 80.2 Å². The van der Waals surface area contributed by atoms with Crippen LogP contribution in [-0.4, -0.2) is 13.2 Å². The molecule has 0 spiro atoms. The first-order chi connectivity index (χ1) is 17.6. The van der Waals surface area contributed by atoms with Crippen LogP contribution in [0, 0.1) is 25.2 Å². The van der Waals surface area contributed by atoms with Gasteiger partial charge in [0.25, 0.3) is 0 Å². The second-order valence-electron chi connectivity index (χ2n) is 9.87. The molecule has 0 saturated carbocycles. The van der Waals surface area contributed by atoms with Crippen LogP contribution in [0.25, 0.3) is 44.3 Å². The van der Waals surface area contributed by atoms with Crippen molar-refractivity contribution in [3.63, 3.8) is 0 Å². The minimum atomic E-state index is 0.530. The van der Waals surface area contributed by atoms with Gasteiger partial charge in [-0.3, -0.25) is 0 Å². The van der Waals surface area contributed by atoms with Gasteiger partial charge in [0, 0.05) is 41.7 Å². The molecule has 1 fully saturated rings. The number of aryl methyl sites for hydroxylation is 3. The van der Waals surface area contributed by atoms with E-state index < -0.39 is 0 Å². The van der Waals surface area contributed by atoms with Gasteiger partial charge in [-0.2, -0.15) is 5.26 Å². The molecule has 0 atom stereocenters. The number of pyridine rings is 1. The number of hydrogen-bond donors (Lipinski definition) is 0. The number of fused-ring (bicyclic) bond motifs is 3. The third-order valence-electron chi connectivity index (χ3n) is 7.67. The van der Waals surface area contributed by atoms with Gasteiger partial charge in [0.15, 0.2) is 6.20 Å². The van der Waals surface area contributed by atoms with Gasteiger partial charge in [-0.25, -0.2) is 4.57 Å². The lowest BCUT2D eigenvalue weighted by atomic mass is 9.86. The maximum atomic E-state index is 10.0. The average Bonchev–Trinajstić information content (AvgIpc) is 3.27. The Morgan fingerprint density at radius 1 is 0.861 bits per heavy atom. The van der Waals surface area contributed by atoms with Crippen LogP contribution in [0.1, 0.15) is 41.0 Å². The number of hydrogen-bond acceptors (Lipinski definition) is 3. The summed E-state index contributed by atoms with van der Waals surface area (Å²) in [6.07, 6.45) is 4.17. The highest BCUT2D eigenvalue weighted by atomic mass is 16.5. The lowest BCUT2D eigenvalue weighted by molar-refractivity contribution is -0.660. The molecule has 4 heteroatoms. The summed E-state index contributed by atoms with van der Waals surface area (Å²) < 4.78 is 14.4. The number of aromatic nitrogens is 1. The summed E-state index contributed by atoms with van der Waals surface area (Å²) in [6.45, 7) is 5.94. The van der Waals surface area contributed by atoms with Crippen molar-refractivity contribution in [1.82, 2.24) is 0 Å². The minimum Gasteiger partial charge on any atom is -0.454 e. The topological polar surface area (TPSA) is 50.0 Å². The van der Waals surface area contributed by atoms with Crippen molar-refractivity contribution >= 4 is 21.9 Å². The van der Waals surface area contributed by atoms with E-state index >= 15 is 0 Å². The molecule has 1 saturated heterocycles. The molecule has 2 aromatic heterocycles. The number of furan rings is 1. The Morgan fingerprint density at radius 2 is 1.61 bits per heavy atom. The molecule has 1 aliphatic heterocycles. The van der Waals surface area contributed by atoms with Gasteiger partial charge in [-0.05, 0) is 73.1 Å². The SMILES string of the molecule is Cc1cc(-c2c(C#N)ccc3c2oc2c(-c4cccc[n+]4C)c(C)ccc23)ccc1C1CCOCC1. The summed E-state index contributed by atoms with van der Waals surface area (Å²) in [5.74, 6) is 0.530. The monoisotopic (exact) mass is 473 g/mol. The average molecular weight is 474 g/mol. The van der Waals surface area contributed by atoms with E-state index in [0.717, 1.165) is 75.9 Å². The van der Waals surface area contributed by atoms with E-state index in [1.54, 1.807) is 0 Å². The van der Waals surface area contributed by atoms with Gasteiger partial charge >= 0.3 is 0 Å². The van der Waals surface area contributed by atoms with E-state index in [4.69, 9.17) is 9.15 Å². The predicted molar refractivity (Wildman–Crippen MR) is 143 cm³/mol. The first kappa shape index (κ1) is 22.5. The second-order valence-corrected chi connectivity index (χ2v) is 9.87. The Hall–Kier alpha value is -3.94. The van der Waals surface area contributed by atoms with Gasteiger partial charge in [0.2, 0.25) is 5.69 Å². The number of ether oxygens (including phenoxy) is 1. The highest BCUT2D eigenvalue weighted by Crippen LogP contribution is 2.42.